The third kappa shape index (κ3) is 1.91. The number of nitrogens with two attached hydrogens (primary N) is 1. The van der Waals surface area contributed by atoms with Crippen molar-refractivity contribution in [1.29, 1.82) is 0 Å². The zero-order valence-corrected chi connectivity index (χ0v) is 9.08. The molecule has 3 N–H and O–H groups in total. The fourth-order valence-corrected chi connectivity index (χ4v) is 1.53. The number of hydrogen-bond acceptors (Lipinski definition) is 4. The summed E-state index contributed by atoms with van der Waals surface area (Å²) >= 11 is 5.95. The van der Waals surface area contributed by atoms with Crippen molar-refractivity contribution in [3.8, 4) is 0 Å². The number of nitrogens with zero attached hydrogens (tertiary/aromatic N) is 1. The van der Waals surface area contributed by atoms with Crippen molar-refractivity contribution >= 4 is 28.4 Å². The molecule has 0 amide bonds. The Kier molecular flexibility index (Phi) is 2.79. The number of rotatable bonds is 3. The molecule has 15 heavy (non-hydrogen) atoms. The lowest BCUT2D eigenvalue weighted by molar-refractivity contribution is 0.458. The third-order valence-corrected chi connectivity index (χ3v) is 2.48. The van der Waals surface area contributed by atoms with Crippen LogP contribution in [0.25, 0.3) is 11.0 Å². The van der Waals surface area contributed by atoms with E-state index in [-0.39, 0.29) is 6.04 Å². The zero-order valence-electron chi connectivity index (χ0n) is 8.33. The Bertz CT molecular complexity index is 469. The number of nitrogens with one attached hydrogen (secondary N) is 1. The molecular formula is C10H12ClN3O. The Morgan fingerprint density at radius 3 is 3.13 bits per heavy atom. The van der Waals surface area contributed by atoms with Gasteiger partial charge in [-0.3, -0.25) is 0 Å². The van der Waals surface area contributed by atoms with Crippen LogP contribution in [0.3, 0.4) is 0 Å². The van der Waals surface area contributed by atoms with Gasteiger partial charge in [0, 0.05) is 12.6 Å². The van der Waals surface area contributed by atoms with Crippen LogP contribution in [-0.2, 0) is 0 Å². The van der Waals surface area contributed by atoms with E-state index >= 15 is 0 Å². The minimum absolute atomic E-state index is 0.150. The molecule has 0 spiro atoms. The number of fused-ring (bicyclic) bond motifs is 1. The lowest BCUT2D eigenvalue weighted by atomic mass is 10.2. The van der Waals surface area contributed by atoms with Crippen molar-refractivity contribution in [2.75, 3.05) is 11.9 Å². The Morgan fingerprint density at radius 2 is 2.40 bits per heavy atom. The van der Waals surface area contributed by atoms with Gasteiger partial charge in [-0.2, -0.15) is 0 Å². The van der Waals surface area contributed by atoms with Crippen molar-refractivity contribution in [3.63, 3.8) is 0 Å². The first-order valence-corrected chi connectivity index (χ1v) is 5.10. The summed E-state index contributed by atoms with van der Waals surface area (Å²) in [5.74, 6) is 0.686. The van der Waals surface area contributed by atoms with E-state index in [1.54, 1.807) is 6.07 Å². The number of para-hydroxylation sites is 1. The lowest BCUT2D eigenvalue weighted by Gasteiger charge is -2.09. The molecule has 2 rings (SSSR count). The van der Waals surface area contributed by atoms with Crippen molar-refractivity contribution in [1.82, 2.24) is 5.16 Å². The third-order valence-electron chi connectivity index (χ3n) is 2.19. The maximum Gasteiger partial charge on any atom is 0.187 e. The number of benzene rings is 1. The number of aromatic nitrogens is 1. The molecule has 5 heteroatoms. The van der Waals surface area contributed by atoms with Gasteiger partial charge in [-0.05, 0) is 19.1 Å². The molecule has 1 heterocycles. The summed E-state index contributed by atoms with van der Waals surface area (Å²) in [7, 11) is 0. The summed E-state index contributed by atoms with van der Waals surface area (Å²) in [6, 6.07) is 5.69. The van der Waals surface area contributed by atoms with Gasteiger partial charge in [-0.1, -0.05) is 22.8 Å². The molecular weight excluding hydrogens is 214 g/mol. The fourth-order valence-electron chi connectivity index (χ4n) is 1.32. The average Bonchev–Trinajstić information content (AvgIpc) is 2.63. The SMILES string of the molecule is CC(CN)Nc1noc2c(Cl)cccc12. The van der Waals surface area contributed by atoms with E-state index in [1.807, 2.05) is 19.1 Å². The predicted molar refractivity (Wildman–Crippen MR) is 61.2 cm³/mol. The molecule has 0 aliphatic rings. The summed E-state index contributed by atoms with van der Waals surface area (Å²) in [5.41, 5.74) is 6.12. The van der Waals surface area contributed by atoms with Gasteiger partial charge >= 0.3 is 0 Å². The van der Waals surface area contributed by atoms with Crippen LogP contribution in [0.15, 0.2) is 22.7 Å². The molecule has 1 aromatic heterocycles. The first kappa shape index (κ1) is 10.3. The largest absolute Gasteiger partial charge is 0.363 e. The molecule has 0 radical (unpaired) electrons. The van der Waals surface area contributed by atoms with E-state index in [1.165, 1.54) is 0 Å². The molecule has 1 unspecified atom stereocenters. The van der Waals surface area contributed by atoms with Gasteiger partial charge in [0.25, 0.3) is 0 Å². The Balaban J connectivity index is 2.41. The summed E-state index contributed by atoms with van der Waals surface area (Å²) in [5, 5.41) is 8.51. The van der Waals surface area contributed by atoms with Crippen LogP contribution in [-0.4, -0.2) is 17.7 Å². The second kappa shape index (κ2) is 4.08. The first-order valence-electron chi connectivity index (χ1n) is 4.73. The normalized spacial score (nSPS) is 13.0. The molecule has 0 aliphatic heterocycles. The van der Waals surface area contributed by atoms with Crippen LogP contribution in [0, 0.1) is 0 Å². The highest BCUT2D eigenvalue weighted by Crippen LogP contribution is 2.28. The summed E-state index contributed by atoms with van der Waals surface area (Å²) in [6.07, 6.45) is 0. The second-order valence-electron chi connectivity index (χ2n) is 3.43. The van der Waals surface area contributed by atoms with Crippen LogP contribution < -0.4 is 11.1 Å². The standard InChI is InChI=1S/C10H12ClN3O/c1-6(5-12)13-10-7-3-2-4-8(11)9(7)15-14-10/h2-4,6H,5,12H2,1H3,(H,13,14). The van der Waals surface area contributed by atoms with E-state index in [4.69, 9.17) is 21.9 Å². The Morgan fingerprint density at radius 1 is 1.60 bits per heavy atom. The van der Waals surface area contributed by atoms with Gasteiger partial charge < -0.3 is 15.6 Å². The highest BCUT2D eigenvalue weighted by molar-refractivity contribution is 6.35. The maximum absolute atomic E-state index is 5.95. The highest BCUT2D eigenvalue weighted by Gasteiger charge is 2.11. The van der Waals surface area contributed by atoms with Gasteiger partial charge in [-0.15, -0.1) is 0 Å². The highest BCUT2D eigenvalue weighted by atomic mass is 35.5. The van der Waals surface area contributed by atoms with E-state index in [9.17, 15) is 0 Å². The monoisotopic (exact) mass is 225 g/mol. The van der Waals surface area contributed by atoms with Gasteiger partial charge in [0.15, 0.2) is 11.4 Å². The molecule has 2 aromatic rings. The van der Waals surface area contributed by atoms with Gasteiger partial charge in [0.05, 0.1) is 10.4 Å². The minimum Gasteiger partial charge on any atom is -0.363 e. The molecule has 0 aliphatic carbocycles. The van der Waals surface area contributed by atoms with E-state index in [0.717, 1.165) is 5.39 Å². The first-order chi connectivity index (χ1) is 7.22. The summed E-state index contributed by atoms with van der Waals surface area (Å²) in [4.78, 5) is 0. The topological polar surface area (TPSA) is 64.1 Å². The lowest BCUT2D eigenvalue weighted by Crippen LogP contribution is -2.25. The number of hydrogen-bond donors (Lipinski definition) is 2. The molecule has 1 aromatic carbocycles. The Hall–Kier alpha value is -1.26. The molecule has 0 saturated heterocycles. The van der Waals surface area contributed by atoms with E-state index < -0.39 is 0 Å². The molecule has 0 saturated carbocycles. The minimum atomic E-state index is 0.150. The van der Waals surface area contributed by atoms with Crippen LogP contribution >= 0.6 is 11.6 Å². The smallest absolute Gasteiger partial charge is 0.187 e. The van der Waals surface area contributed by atoms with Gasteiger partial charge in [-0.25, -0.2) is 0 Å². The van der Waals surface area contributed by atoms with Crippen molar-refractivity contribution in [3.05, 3.63) is 23.2 Å². The fraction of sp³-hybridized carbons (Fsp3) is 0.300. The van der Waals surface area contributed by atoms with E-state index in [0.29, 0.717) is 23.0 Å². The Labute approximate surface area is 92.4 Å². The van der Waals surface area contributed by atoms with Crippen LogP contribution in [0.5, 0.6) is 0 Å². The van der Waals surface area contributed by atoms with Crippen LogP contribution in [0.1, 0.15) is 6.92 Å². The molecule has 0 bridgehead atoms. The molecule has 4 nitrogen and oxygen atoms in total. The summed E-state index contributed by atoms with van der Waals surface area (Å²) in [6.45, 7) is 2.51. The average molecular weight is 226 g/mol. The molecule has 1 atom stereocenters. The van der Waals surface area contributed by atoms with Gasteiger partial charge in [0.2, 0.25) is 0 Å². The van der Waals surface area contributed by atoms with E-state index in [2.05, 4.69) is 10.5 Å². The predicted octanol–water partition coefficient (Wildman–Crippen LogP) is 2.24. The molecule has 80 valence electrons. The van der Waals surface area contributed by atoms with Crippen molar-refractivity contribution < 1.29 is 4.52 Å². The second-order valence-corrected chi connectivity index (χ2v) is 3.84. The van der Waals surface area contributed by atoms with Crippen LogP contribution in [0.4, 0.5) is 5.82 Å². The van der Waals surface area contributed by atoms with Crippen molar-refractivity contribution in [2.24, 2.45) is 5.73 Å². The van der Waals surface area contributed by atoms with Crippen molar-refractivity contribution in [2.45, 2.75) is 13.0 Å². The van der Waals surface area contributed by atoms with Gasteiger partial charge in [0.1, 0.15) is 0 Å². The number of halogens is 1. The number of anilines is 1. The summed E-state index contributed by atoms with van der Waals surface area (Å²) < 4.78 is 5.14. The zero-order chi connectivity index (χ0) is 10.8. The van der Waals surface area contributed by atoms with Crippen LogP contribution in [0.2, 0.25) is 5.02 Å². The maximum atomic E-state index is 5.95. The molecule has 0 fully saturated rings. The quantitative estimate of drug-likeness (QED) is 0.841.